The zero-order valence-electron chi connectivity index (χ0n) is 26.1. The summed E-state index contributed by atoms with van der Waals surface area (Å²) in [6.45, 7) is 9.52. The summed E-state index contributed by atoms with van der Waals surface area (Å²) in [5.74, 6) is -0.772. The molecule has 0 bridgehead atoms. The molecule has 1 N–H and O–H groups in total. The van der Waals surface area contributed by atoms with Crippen LogP contribution in [0, 0.1) is 27.7 Å². The van der Waals surface area contributed by atoms with Crippen LogP contribution in [0.1, 0.15) is 40.3 Å². The minimum atomic E-state index is -4.15. The zero-order chi connectivity index (χ0) is 31.9. The smallest absolute Gasteiger partial charge is 0.264 e. The fourth-order valence-electron chi connectivity index (χ4n) is 5.09. The lowest BCUT2D eigenvalue weighted by Gasteiger charge is -2.34. The van der Waals surface area contributed by atoms with E-state index in [4.69, 9.17) is 0 Å². The fraction of sp³-hybridized carbons (Fsp3) is 0.278. The lowest BCUT2D eigenvalue weighted by atomic mass is 10.0. The van der Waals surface area contributed by atoms with E-state index in [2.05, 4.69) is 5.32 Å². The quantitative estimate of drug-likeness (QED) is 0.216. The predicted molar refractivity (Wildman–Crippen MR) is 176 cm³/mol. The molecule has 0 aliphatic rings. The Labute approximate surface area is 261 Å². The van der Waals surface area contributed by atoms with Crippen LogP contribution in [0.2, 0.25) is 0 Å². The Hall–Kier alpha value is -4.43. The van der Waals surface area contributed by atoms with Gasteiger partial charge in [0, 0.05) is 19.5 Å². The Morgan fingerprint density at radius 1 is 0.750 bits per heavy atom. The number of nitrogens with one attached hydrogen (secondary N) is 1. The highest BCUT2D eigenvalue weighted by Gasteiger charge is 2.35. The second kappa shape index (κ2) is 14.4. The summed E-state index contributed by atoms with van der Waals surface area (Å²) in [7, 11) is -4.15. The number of rotatable bonds is 12. The second-order valence-electron chi connectivity index (χ2n) is 11.2. The van der Waals surface area contributed by atoms with E-state index < -0.39 is 28.5 Å². The number of carbonyl (C=O) groups is 2. The molecule has 0 heterocycles. The molecule has 8 heteroatoms. The lowest BCUT2D eigenvalue weighted by molar-refractivity contribution is -0.140. The van der Waals surface area contributed by atoms with Crippen molar-refractivity contribution >= 4 is 27.5 Å². The zero-order valence-corrected chi connectivity index (χ0v) is 26.9. The number of hydrogen-bond donors (Lipinski definition) is 1. The number of likely N-dealkylation sites (N-methyl/N-ethyl adjacent to an activating group) is 1. The van der Waals surface area contributed by atoms with E-state index in [1.54, 1.807) is 36.4 Å². The van der Waals surface area contributed by atoms with Crippen LogP contribution in [0.15, 0.2) is 102 Å². The van der Waals surface area contributed by atoms with E-state index in [9.17, 15) is 18.0 Å². The third-order valence-electron chi connectivity index (χ3n) is 7.83. The van der Waals surface area contributed by atoms with Crippen molar-refractivity contribution in [1.82, 2.24) is 10.2 Å². The molecule has 4 aromatic carbocycles. The molecule has 4 rings (SSSR count). The maximum atomic E-state index is 14.5. The molecular formula is C36H41N3O4S. The number of nitrogens with zero attached hydrogens (tertiary/aromatic N) is 2. The van der Waals surface area contributed by atoms with Crippen LogP contribution in [0.25, 0.3) is 0 Å². The average molecular weight is 612 g/mol. The SMILES string of the molecule is CCNC(=O)C(Cc1ccccc1)N(Cc1ccc(C)cc1)C(=O)CN(c1cccc(C)c1C)S(=O)(=O)c1ccc(C)cc1. The number of carbonyl (C=O) groups excluding carboxylic acids is 2. The van der Waals surface area contributed by atoms with Gasteiger partial charge in [-0.05, 0) is 75.1 Å². The molecule has 0 fully saturated rings. The van der Waals surface area contributed by atoms with Gasteiger partial charge in [-0.3, -0.25) is 13.9 Å². The van der Waals surface area contributed by atoms with E-state index in [1.165, 1.54) is 9.21 Å². The van der Waals surface area contributed by atoms with Crippen molar-refractivity contribution in [1.29, 1.82) is 0 Å². The van der Waals surface area contributed by atoms with Gasteiger partial charge in [-0.25, -0.2) is 8.42 Å². The van der Waals surface area contributed by atoms with Gasteiger partial charge < -0.3 is 10.2 Å². The van der Waals surface area contributed by atoms with Gasteiger partial charge in [-0.2, -0.15) is 0 Å². The Morgan fingerprint density at radius 3 is 1.98 bits per heavy atom. The number of benzene rings is 4. The van der Waals surface area contributed by atoms with Gasteiger partial charge >= 0.3 is 0 Å². The summed E-state index contributed by atoms with van der Waals surface area (Å²) in [6, 6.07) is 28.5. The van der Waals surface area contributed by atoms with Gasteiger partial charge in [0.05, 0.1) is 10.6 Å². The number of aryl methyl sites for hydroxylation is 3. The molecule has 1 unspecified atom stereocenters. The van der Waals surface area contributed by atoms with Crippen molar-refractivity contribution in [3.63, 3.8) is 0 Å². The highest BCUT2D eigenvalue weighted by Crippen LogP contribution is 2.29. The Bertz CT molecular complexity index is 1690. The molecule has 2 amide bonds. The lowest BCUT2D eigenvalue weighted by Crippen LogP contribution is -2.53. The van der Waals surface area contributed by atoms with Crippen LogP contribution in [-0.2, 0) is 32.6 Å². The fourth-order valence-corrected chi connectivity index (χ4v) is 6.56. The second-order valence-corrected chi connectivity index (χ2v) is 13.0. The van der Waals surface area contributed by atoms with Gasteiger partial charge in [0.1, 0.15) is 12.6 Å². The van der Waals surface area contributed by atoms with Crippen LogP contribution < -0.4 is 9.62 Å². The van der Waals surface area contributed by atoms with Gasteiger partial charge in [0.25, 0.3) is 10.0 Å². The molecule has 0 spiro atoms. The predicted octanol–water partition coefficient (Wildman–Crippen LogP) is 5.89. The van der Waals surface area contributed by atoms with Crippen LogP contribution in [0.5, 0.6) is 0 Å². The Balaban J connectivity index is 1.82. The minimum absolute atomic E-state index is 0.0893. The topological polar surface area (TPSA) is 86.8 Å². The number of hydrogen-bond acceptors (Lipinski definition) is 4. The van der Waals surface area contributed by atoms with E-state index >= 15 is 0 Å². The first kappa shape index (κ1) is 32.5. The standard InChI is InChI=1S/C36H41N3O4S/c1-6-37-36(41)34(23-30-12-8-7-9-13-30)38(24-31-19-15-26(2)16-20-31)35(40)25-39(33-14-10-11-28(4)29(33)5)44(42,43)32-21-17-27(3)18-22-32/h7-22,34H,6,23-25H2,1-5H3,(H,37,41). The molecule has 1 atom stereocenters. The molecular weight excluding hydrogens is 570 g/mol. The summed E-state index contributed by atoms with van der Waals surface area (Å²) in [4.78, 5) is 29.7. The highest BCUT2D eigenvalue weighted by molar-refractivity contribution is 7.92. The summed E-state index contributed by atoms with van der Waals surface area (Å²) in [5, 5.41) is 2.89. The van der Waals surface area contributed by atoms with E-state index in [-0.39, 0.29) is 23.8 Å². The summed E-state index contributed by atoms with van der Waals surface area (Å²) >= 11 is 0. The minimum Gasteiger partial charge on any atom is -0.355 e. The first-order chi connectivity index (χ1) is 21.0. The van der Waals surface area contributed by atoms with Gasteiger partial charge in [0.15, 0.2) is 0 Å². The van der Waals surface area contributed by atoms with Gasteiger partial charge in [-0.1, -0.05) is 90.0 Å². The van der Waals surface area contributed by atoms with Crippen LogP contribution in [-0.4, -0.2) is 44.3 Å². The van der Waals surface area contributed by atoms with Crippen molar-refractivity contribution in [3.05, 3.63) is 130 Å². The molecule has 0 aliphatic heterocycles. The third kappa shape index (κ3) is 7.74. The van der Waals surface area contributed by atoms with Crippen LogP contribution in [0.4, 0.5) is 5.69 Å². The van der Waals surface area contributed by atoms with Crippen LogP contribution >= 0.6 is 0 Å². The van der Waals surface area contributed by atoms with Crippen molar-refractivity contribution in [3.8, 4) is 0 Å². The van der Waals surface area contributed by atoms with Crippen molar-refractivity contribution < 1.29 is 18.0 Å². The first-order valence-electron chi connectivity index (χ1n) is 14.8. The molecule has 0 radical (unpaired) electrons. The van der Waals surface area contributed by atoms with E-state index in [1.807, 2.05) is 95.3 Å². The van der Waals surface area contributed by atoms with Crippen LogP contribution in [0.3, 0.4) is 0 Å². The number of amides is 2. The molecule has 0 saturated carbocycles. The average Bonchev–Trinajstić information content (AvgIpc) is 3.01. The largest absolute Gasteiger partial charge is 0.355 e. The van der Waals surface area contributed by atoms with Crippen molar-refractivity contribution in [2.45, 2.75) is 58.5 Å². The van der Waals surface area contributed by atoms with Gasteiger partial charge in [0.2, 0.25) is 11.8 Å². The molecule has 0 saturated heterocycles. The van der Waals surface area contributed by atoms with Crippen molar-refractivity contribution in [2.24, 2.45) is 0 Å². The monoisotopic (exact) mass is 611 g/mol. The first-order valence-corrected chi connectivity index (χ1v) is 16.3. The Morgan fingerprint density at radius 2 is 1.36 bits per heavy atom. The van der Waals surface area contributed by atoms with Crippen molar-refractivity contribution in [2.75, 3.05) is 17.4 Å². The third-order valence-corrected chi connectivity index (χ3v) is 9.60. The van der Waals surface area contributed by atoms with E-state index in [0.29, 0.717) is 12.2 Å². The maximum Gasteiger partial charge on any atom is 0.264 e. The molecule has 4 aromatic rings. The number of sulfonamides is 1. The molecule has 0 aromatic heterocycles. The summed E-state index contributed by atoms with van der Waals surface area (Å²) < 4.78 is 29.7. The summed E-state index contributed by atoms with van der Waals surface area (Å²) in [6.07, 6.45) is 0.276. The number of anilines is 1. The molecule has 44 heavy (non-hydrogen) atoms. The molecule has 230 valence electrons. The molecule has 0 aliphatic carbocycles. The van der Waals surface area contributed by atoms with E-state index in [0.717, 1.165) is 33.4 Å². The maximum absolute atomic E-state index is 14.5. The Kier molecular flexibility index (Phi) is 10.6. The normalized spacial score (nSPS) is 11.9. The van der Waals surface area contributed by atoms with Gasteiger partial charge in [-0.15, -0.1) is 0 Å². The highest BCUT2D eigenvalue weighted by atomic mass is 32.2. The molecule has 7 nitrogen and oxygen atoms in total. The summed E-state index contributed by atoms with van der Waals surface area (Å²) in [5.41, 5.74) is 5.81.